The summed E-state index contributed by atoms with van der Waals surface area (Å²) in [6.45, 7) is 0. The molecule has 0 bridgehead atoms. The second kappa shape index (κ2) is 6.01. The molecule has 2 N–H and O–H groups in total. The van der Waals surface area contributed by atoms with E-state index >= 15 is 0 Å². The molecule has 0 spiro atoms. The van der Waals surface area contributed by atoms with Crippen LogP contribution in [-0.2, 0) is 4.74 Å². The molecule has 1 aliphatic carbocycles. The SMILES string of the molecule is COC1CCCC(Oc2nc(N)nc(N(C)C)n2)C1. The van der Waals surface area contributed by atoms with Gasteiger partial charge in [0.1, 0.15) is 6.10 Å². The Morgan fingerprint density at radius 2 is 1.89 bits per heavy atom. The van der Waals surface area contributed by atoms with Gasteiger partial charge in [-0.1, -0.05) is 0 Å². The van der Waals surface area contributed by atoms with Crippen LogP contribution in [0.1, 0.15) is 25.7 Å². The van der Waals surface area contributed by atoms with Crippen molar-refractivity contribution in [3.8, 4) is 6.01 Å². The third-order valence-corrected chi connectivity index (χ3v) is 3.20. The Bertz CT molecular complexity index is 427. The van der Waals surface area contributed by atoms with Crippen molar-refractivity contribution in [2.75, 3.05) is 31.8 Å². The van der Waals surface area contributed by atoms with Gasteiger partial charge in [0.25, 0.3) is 0 Å². The second-order valence-corrected chi connectivity index (χ2v) is 4.93. The molecule has 7 nitrogen and oxygen atoms in total. The van der Waals surface area contributed by atoms with Gasteiger partial charge in [0, 0.05) is 27.6 Å². The van der Waals surface area contributed by atoms with Crippen molar-refractivity contribution in [2.45, 2.75) is 37.9 Å². The van der Waals surface area contributed by atoms with Gasteiger partial charge < -0.3 is 20.1 Å². The molecule has 106 valence electrons. The van der Waals surface area contributed by atoms with Gasteiger partial charge in [0.2, 0.25) is 11.9 Å². The molecule has 1 aliphatic rings. The Balaban J connectivity index is 2.06. The summed E-state index contributed by atoms with van der Waals surface area (Å²) in [5.41, 5.74) is 5.66. The summed E-state index contributed by atoms with van der Waals surface area (Å²) in [7, 11) is 5.43. The molecule has 19 heavy (non-hydrogen) atoms. The minimum atomic E-state index is 0.0792. The Labute approximate surface area is 113 Å². The Morgan fingerprint density at radius 3 is 2.58 bits per heavy atom. The molecule has 0 saturated heterocycles. The van der Waals surface area contributed by atoms with E-state index in [1.165, 1.54) is 0 Å². The first-order chi connectivity index (χ1) is 9.08. The Kier molecular flexibility index (Phi) is 4.36. The smallest absolute Gasteiger partial charge is 0.323 e. The molecule has 0 amide bonds. The minimum Gasteiger partial charge on any atom is -0.460 e. The summed E-state index contributed by atoms with van der Waals surface area (Å²) >= 11 is 0. The largest absolute Gasteiger partial charge is 0.460 e. The summed E-state index contributed by atoms with van der Waals surface area (Å²) < 4.78 is 11.2. The maximum absolute atomic E-state index is 5.81. The van der Waals surface area contributed by atoms with Crippen LogP contribution >= 0.6 is 0 Å². The minimum absolute atomic E-state index is 0.0792. The molecule has 1 heterocycles. The van der Waals surface area contributed by atoms with Gasteiger partial charge in [-0.2, -0.15) is 15.0 Å². The lowest BCUT2D eigenvalue weighted by molar-refractivity contribution is 0.0179. The van der Waals surface area contributed by atoms with Crippen LogP contribution in [0.15, 0.2) is 0 Å². The number of nitrogen functional groups attached to an aromatic ring is 1. The van der Waals surface area contributed by atoms with Crippen LogP contribution in [0.4, 0.5) is 11.9 Å². The fourth-order valence-corrected chi connectivity index (χ4v) is 2.19. The Hall–Kier alpha value is -1.63. The van der Waals surface area contributed by atoms with Gasteiger partial charge in [0.15, 0.2) is 0 Å². The van der Waals surface area contributed by atoms with Crippen molar-refractivity contribution in [1.82, 2.24) is 15.0 Å². The normalized spacial score (nSPS) is 23.1. The lowest BCUT2D eigenvalue weighted by Gasteiger charge is -2.28. The second-order valence-electron chi connectivity index (χ2n) is 4.93. The molecule has 1 aromatic rings. The molecule has 2 atom stereocenters. The fourth-order valence-electron chi connectivity index (χ4n) is 2.19. The zero-order chi connectivity index (χ0) is 13.8. The summed E-state index contributed by atoms with van der Waals surface area (Å²) in [4.78, 5) is 14.1. The summed E-state index contributed by atoms with van der Waals surface area (Å²) in [5.74, 6) is 0.675. The van der Waals surface area contributed by atoms with E-state index in [0.717, 1.165) is 25.7 Å². The van der Waals surface area contributed by atoms with Gasteiger partial charge in [0.05, 0.1) is 6.10 Å². The van der Waals surface area contributed by atoms with Gasteiger partial charge in [-0.15, -0.1) is 0 Å². The van der Waals surface area contributed by atoms with Crippen LogP contribution in [0.2, 0.25) is 0 Å². The predicted octanol–water partition coefficient (Wildman–Crippen LogP) is 0.856. The molecule has 2 rings (SSSR count). The van der Waals surface area contributed by atoms with Crippen LogP contribution in [-0.4, -0.2) is 48.4 Å². The standard InChI is InChI=1S/C12H21N5O2/c1-17(2)11-14-10(13)15-12(16-11)19-9-6-4-5-8(7-9)18-3/h8-9H,4-7H2,1-3H3,(H2,13,14,15,16). The fraction of sp³-hybridized carbons (Fsp3) is 0.750. The molecular formula is C12H21N5O2. The number of methoxy groups -OCH3 is 1. The summed E-state index contributed by atoms with van der Waals surface area (Å²) in [6, 6.07) is 0.290. The van der Waals surface area contributed by atoms with Crippen molar-refractivity contribution in [1.29, 1.82) is 0 Å². The average molecular weight is 267 g/mol. The van der Waals surface area contributed by atoms with Gasteiger partial charge in [-0.3, -0.25) is 0 Å². The maximum atomic E-state index is 5.81. The maximum Gasteiger partial charge on any atom is 0.323 e. The highest BCUT2D eigenvalue weighted by Gasteiger charge is 2.24. The lowest BCUT2D eigenvalue weighted by atomic mass is 9.95. The molecule has 0 radical (unpaired) electrons. The highest BCUT2D eigenvalue weighted by atomic mass is 16.5. The van der Waals surface area contributed by atoms with Crippen LogP contribution in [0, 0.1) is 0 Å². The van der Waals surface area contributed by atoms with Gasteiger partial charge in [-0.25, -0.2) is 0 Å². The first-order valence-corrected chi connectivity index (χ1v) is 6.47. The molecule has 1 aromatic heterocycles. The highest BCUT2D eigenvalue weighted by molar-refractivity contribution is 5.33. The average Bonchev–Trinajstić information content (AvgIpc) is 2.38. The van der Waals surface area contributed by atoms with Crippen molar-refractivity contribution >= 4 is 11.9 Å². The molecule has 0 aromatic carbocycles. The number of hydrogen-bond acceptors (Lipinski definition) is 7. The van der Waals surface area contributed by atoms with E-state index in [2.05, 4.69) is 15.0 Å². The third kappa shape index (κ3) is 3.66. The number of anilines is 2. The van der Waals surface area contributed by atoms with Crippen LogP contribution in [0.3, 0.4) is 0 Å². The number of aromatic nitrogens is 3. The lowest BCUT2D eigenvalue weighted by Crippen LogP contribution is -2.30. The number of nitrogens with zero attached hydrogens (tertiary/aromatic N) is 4. The quantitative estimate of drug-likeness (QED) is 0.865. The van der Waals surface area contributed by atoms with Crippen LogP contribution in [0.5, 0.6) is 6.01 Å². The predicted molar refractivity (Wildman–Crippen MR) is 72.2 cm³/mol. The van der Waals surface area contributed by atoms with E-state index in [9.17, 15) is 0 Å². The van der Waals surface area contributed by atoms with Crippen LogP contribution < -0.4 is 15.4 Å². The van der Waals surface area contributed by atoms with E-state index in [4.69, 9.17) is 15.2 Å². The third-order valence-electron chi connectivity index (χ3n) is 3.20. The highest BCUT2D eigenvalue weighted by Crippen LogP contribution is 2.24. The first-order valence-electron chi connectivity index (χ1n) is 6.47. The topological polar surface area (TPSA) is 86.4 Å². The number of ether oxygens (including phenoxy) is 2. The Morgan fingerprint density at radius 1 is 1.16 bits per heavy atom. The van der Waals surface area contributed by atoms with Crippen molar-refractivity contribution < 1.29 is 9.47 Å². The molecule has 7 heteroatoms. The first kappa shape index (κ1) is 13.8. The van der Waals surface area contributed by atoms with Crippen molar-refractivity contribution in [3.63, 3.8) is 0 Å². The van der Waals surface area contributed by atoms with Gasteiger partial charge in [-0.05, 0) is 19.3 Å². The van der Waals surface area contributed by atoms with Crippen molar-refractivity contribution in [3.05, 3.63) is 0 Å². The monoisotopic (exact) mass is 267 g/mol. The summed E-state index contributed by atoms with van der Waals surface area (Å²) in [6.07, 6.45) is 4.35. The van der Waals surface area contributed by atoms with Crippen LogP contribution in [0.25, 0.3) is 0 Å². The van der Waals surface area contributed by atoms with E-state index < -0.39 is 0 Å². The van der Waals surface area contributed by atoms with E-state index in [1.54, 1.807) is 12.0 Å². The number of rotatable bonds is 4. The number of nitrogens with two attached hydrogens (primary N) is 1. The van der Waals surface area contributed by atoms with E-state index in [-0.39, 0.29) is 24.2 Å². The van der Waals surface area contributed by atoms with Gasteiger partial charge >= 0.3 is 6.01 Å². The summed E-state index contributed by atoms with van der Waals surface area (Å²) in [5, 5.41) is 0. The van der Waals surface area contributed by atoms with Crippen molar-refractivity contribution in [2.24, 2.45) is 0 Å². The molecule has 1 saturated carbocycles. The molecule has 2 unspecified atom stereocenters. The zero-order valence-corrected chi connectivity index (χ0v) is 11.7. The molecule has 1 fully saturated rings. The van der Waals surface area contributed by atoms with E-state index in [1.807, 2.05) is 14.1 Å². The number of hydrogen-bond donors (Lipinski definition) is 1. The van der Waals surface area contributed by atoms with E-state index in [0.29, 0.717) is 5.95 Å². The molecule has 0 aliphatic heterocycles. The molecular weight excluding hydrogens is 246 g/mol. The zero-order valence-electron chi connectivity index (χ0n) is 11.7.